The summed E-state index contributed by atoms with van der Waals surface area (Å²) in [7, 11) is -4.00. The van der Waals surface area contributed by atoms with Gasteiger partial charge in [-0.15, -0.1) is 0 Å². The normalized spacial score (nSPS) is 11.3. The molecule has 0 aliphatic rings. The molecule has 8 nitrogen and oxygen atoms in total. The van der Waals surface area contributed by atoms with E-state index >= 15 is 0 Å². The Bertz CT molecular complexity index is 1240. The molecule has 0 spiro atoms. The molecule has 3 aromatic carbocycles. The van der Waals surface area contributed by atoms with Gasteiger partial charge in [0.2, 0.25) is 0 Å². The van der Waals surface area contributed by atoms with E-state index in [9.17, 15) is 18.0 Å². The minimum atomic E-state index is -4.00. The number of amides is 1. The summed E-state index contributed by atoms with van der Waals surface area (Å²) in [6.45, 7) is 1.29. The van der Waals surface area contributed by atoms with Gasteiger partial charge in [0.25, 0.3) is 15.9 Å². The zero-order valence-corrected chi connectivity index (χ0v) is 18.0. The molecule has 0 radical (unpaired) electrons. The van der Waals surface area contributed by atoms with Crippen LogP contribution >= 0.6 is 0 Å². The maximum Gasteiger partial charge on any atom is 0.335 e. The van der Waals surface area contributed by atoms with E-state index < -0.39 is 28.4 Å². The maximum atomic E-state index is 13.3. The summed E-state index contributed by atoms with van der Waals surface area (Å²) in [5.41, 5.74) is 4.11. The van der Waals surface area contributed by atoms with Crippen molar-refractivity contribution in [3.05, 3.63) is 95.6 Å². The molecule has 9 heteroatoms. The highest BCUT2D eigenvalue weighted by molar-refractivity contribution is 7.92. The van der Waals surface area contributed by atoms with Gasteiger partial charge in [0.15, 0.2) is 0 Å². The van der Waals surface area contributed by atoms with Crippen molar-refractivity contribution in [2.45, 2.75) is 11.8 Å². The highest BCUT2D eigenvalue weighted by atomic mass is 32.2. The average molecular weight is 452 g/mol. The van der Waals surface area contributed by atoms with Gasteiger partial charge >= 0.3 is 5.97 Å². The van der Waals surface area contributed by atoms with Crippen LogP contribution in [0.2, 0.25) is 0 Å². The third-order valence-electron chi connectivity index (χ3n) is 4.56. The van der Waals surface area contributed by atoms with Gasteiger partial charge in [-0.3, -0.25) is 9.10 Å². The van der Waals surface area contributed by atoms with Crippen LogP contribution in [0.15, 0.2) is 88.9 Å². The summed E-state index contributed by atoms with van der Waals surface area (Å²) in [5, 5.41) is 12.8. The number of anilines is 1. The van der Waals surface area contributed by atoms with Crippen molar-refractivity contribution in [1.82, 2.24) is 5.43 Å². The first-order valence-electron chi connectivity index (χ1n) is 9.58. The van der Waals surface area contributed by atoms with Crippen LogP contribution in [-0.4, -0.2) is 38.2 Å². The van der Waals surface area contributed by atoms with E-state index in [-0.39, 0.29) is 10.5 Å². The monoisotopic (exact) mass is 451 g/mol. The SMILES string of the molecule is Cc1ccccc1N(CC(=O)N/N=C\c1ccc(C(=O)O)cc1)S(=O)(=O)c1ccccc1. The lowest BCUT2D eigenvalue weighted by molar-refractivity contribution is -0.119. The number of nitrogens with zero attached hydrogens (tertiary/aromatic N) is 2. The number of nitrogens with one attached hydrogen (secondary N) is 1. The van der Waals surface area contributed by atoms with Crippen LogP contribution in [0.4, 0.5) is 5.69 Å². The number of carbonyl (C=O) groups excluding carboxylic acids is 1. The van der Waals surface area contributed by atoms with Crippen LogP contribution in [0.1, 0.15) is 21.5 Å². The largest absolute Gasteiger partial charge is 0.478 e. The third-order valence-corrected chi connectivity index (χ3v) is 6.34. The molecule has 3 rings (SSSR count). The molecule has 0 fully saturated rings. The highest BCUT2D eigenvalue weighted by Crippen LogP contribution is 2.26. The number of hydrogen-bond acceptors (Lipinski definition) is 5. The maximum absolute atomic E-state index is 13.3. The predicted molar refractivity (Wildman–Crippen MR) is 121 cm³/mol. The number of hydrogen-bond donors (Lipinski definition) is 2. The fourth-order valence-electron chi connectivity index (χ4n) is 2.92. The summed E-state index contributed by atoms with van der Waals surface area (Å²) >= 11 is 0. The second kappa shape index (κ2) is 9.88. The minimum Gasteiger partial charge on any atom is -0.478 e. The predicted octanol–water partition coefficient (Wildman–Crippen LogP) is 3.04. The number of rotatable bonds is 8. The molecule has 0 bridgehead atoms. The molecule has 0 saturated heterocycles. The molecule has 0 aliphatic carbocycles. The van der Waals surface area contributed by atoms with Crippen molar-refractivity contribution in [3.63, 3.8) is 0 Å². The van der Waals surface area contributed by atoms with Crippen molar-refractivity contribution in [2.75, 3.05) is 10.8 Å². The quantitative estimate of drug-likeness (QED) is 0.403. The number of carboxylic acids is 1. The fourth-order valence-corrected chi connectivity index (χ4v) is 4.43. The topological polar surface area (TPSA) is 116 Å². The molecule has 3 aromatic rings. The molecule has 32 heavy (non-hydrogen) atoms. The fraction of sp³-hybridized carbons (Fsp3) is 0.0870. The lowest BCUT2D eigenvalue weighted by Crippen LogP contribution is -2.40. The van der Waals surface area contributed by atoms with Crippen molar-refractivity contribution >= 4 is 33.8 Å². The van der Waals surface area contributed by atoms with Crippen LogP contribution in [0, 0.1) is 6.92 Å². The van der Waals surface area contributed by atoms with E-state index in [1.165, 1.54) is 30.5 Å². The molecular weight excluding hydrogens is 430 g/mol. The van der Waals surface area contributed by atoms with E-state index in [0.717, 1.165) is 4.31 Å². The Morgan fingerprint density at radius 1 is 0.969 bits per heavy atom. The first-order valence-corrected chi connectivity index (χ1v) is 11.0. The average Bonchev–Trinajstić information content (AvgIpc) is 2.79. The van der Waals surface area contributed by atoms with Gasteiger partial charge in [-0.1, -0.05) is 48.5 Å². The number of hydrazone groups is 1. The Kier molecular flexibility index (Phi) is 7.01. The summed E-state index contributed by atoms with van der Waals surface area (Å²) in [6.07, 6.45) is 1.34. The number of carbonyl (C=O) groups is 2. The second-order valence-electron chi connectivity index (χ2n) is 6.83. The first-order chi connectivity index (χ1) is 15.3. The van der Waals surface area contributed by atoms with E-state index in [0.29, 0.717) is 16.8 Å². The number of benzene rings is 3. The van der Waals surface area contributed by atoms with Crippen molar-refractivity contribution in [3.8, 4) is 0 Å². The number of carboxylic acid groups (broad SMARTS) is 1. The van der Waals surface area contributed by atoms with E-state index in [1.807, 2.05) is 0 Å². The van der Waals surface area contributed by atoms with E-state index in [1.54, 1.807) is 61.5 Å². The summed E-state index contributed by atoms with van der Waals surface area (Å²) in [4.78, 5) is 23.5. The Morgan fingerprint density at radius 2 is 1.59 bits per heavy atom. The van der Waals surface area contributed by atoms with Crippen LogP contribution in [0.25, 0.3) is 0 Å². The van der Waals surface area contributed by atoms with Gasteiger partial charge < -0.3 is 5.11 Å². The Hall–Kier alpha value is -3.98. The zero-order valence-electron chi connectivity index (χ0n) is 17.2. The lowest BCUT2D eigenvalue weighted by Gasteiger charge is -2.25. The number of sulfonamides is 1. The van der Waals surface area contributed by atoms with Crippen LogP contribution in [-0.2, 0) is 14.8 Å². The van der Waals surface area contributed by atoms with Crippen LogP contribution in [0.3, 0.4) is 0 Å². The van der Waals surface area contributed by atoms with Crippen LogP contribution < -0.4 is 9.73 Å². The molecular formula is C23H21N3O5S. The molecule has 0 saturated carbocycles. The Labute approximate surface area is 185 Å². The molecule has 0 aromatic heterocycles. The molecule has 1 amide bonds. The number of para-hydroxylation sites is 1. The number of aromatic carboxylic acids is 1. The van der Waals surface area contributed by atoms with Crippen molar-refractivity contribution < 1.29 is 23.1 Å². The van der Waals surface area contributed by atoms with Crippen molar-refractivity contribution in [1.29, 1.82) is 0 Å². The summed E-state index contributed by atoms with van der Waals surface area (Å²) < 4.78 is 27.6. The standard InChI is InChI=1S/C23H21N3O5S/c1-17-7-5-6-10-21(17)26(32(30,31)20-8-3-2-4-9-20)16-22(27)25-24-15-18-11-13-19(14-12-18)23(28)29/h2-15H,16H2,1H3,(H,25,27)(H,28,29)/b24-15-. The van der Waals surface area contributed by atoms with Gasteiger partial charge in [0.1, 0.15) is 6.54 Å². The van der Waals surface area contributed by atoms with Gasteiger partial charge in [0.05, 0.1) is 22.4 Å². The molecule has 0 aliphatic heterocycles. The van der Waals surface area contributed by atoms with Crippen LogP contribution in [0.5, 0.6) is 0 Å². The molecule has 0 heterocycles. The second-order valence-corrected chi connectivity index (χ2v) is 8.69. The molecule has 0 unspecified atom stereocenters. The van der Waals surface area contributed by atoms with Gasteiger partial charge in [0, 0.05) is 0 Å². The minimum absolute atomic E-state index is 0.0677. The number of aryl methyl sites for hydroxylation is 1. The molecule has 0 atom stereocenters. The van der Waals surface area contributed by atoms with Crippen molar-refractivity contribution in [2.24, 2.45) is 5.10 Å². The summed E-state index contributed by atoms with van der Waals surface area (Å²) in [6, 6.07) is 20.7. The molecule has 164 valence electrons. The van der Waals surface area contributed by atoms with E-state index in [2.05, 4.69) is 10.5 Å². The Morgan fingerprint density at radius 3 is 2.22 bits per heavy atom. The van der Waals surface area contributed by atoms with E-state index in [4.69, 9.17) is 5.11 Å². The highest BCUT2D eigenvalue weighted by Gasteiger charge is 2.27. The van der Waals surface area contributed by atoms with Gasteiger partial charge in [-0.05, 0) is 48.4 Å². The smallest absolute Gasteiger partial charge is 0.335 e. The third kappa shape index (κ3) is 5.38. The van der Waals surface area contributed by atoms with Gasteiger partial charge in [-0.2, -0.15) is 5.10 Å². The van der Waals surface area contributed by atoms with Gasteiger partial charge in [-0.25, -0.2) is 18.6 Å². The first kappa shape index (κ1) is 22.7. The lowest BCUT2D eigenvalue weighted by atomic mass is 10.1. The molecule has 2 N–H and O–H groups in total. The zero-order chi connectivity index (χ0) is 23.1. The summed E-state index contributed by atoms with van der Waals surface area (Å²) in [5.74, 6) is -1.68. The Balaban J connectivity index is 1.80.